The molecule has 110 valence electrons. The second-order valence-corrected chi connectivity index (χ2v) is 7.05. The van der Waals surface area contributed by atoms with Gasteiger partial charge in [-0.05, 0) is 48.1 Å². The second kappa shape index (κ2) is 5.87. The molecule has 0 spiro atoms. The maximum atomic E-state index is 6.17. The van der Waals surface area contributed by atoms with Gasteiger partial charge in [0.1, 0.15) is 0 Å². The molecule has 1 heterocycles. The van der Waals surface area contributed by atoms with E-state index in [1.165, 1.54) is 37.9 Å². The van der Waals surface area contributed by atoms with Crippen LogP contribution in [0.4, 0.5) is 0 Å². The van der Waals surface area contributed by atoms with Crippen LogP contribution in [0.15, 0.2) is 24.3 Å². The van der Waals surface area contributed by atoms with Gasteiger partial charge in [-0.1, -0.05) is 38.1 Å². The van der Waals surface area contributed by atoms with E-state index in [0.717, 1.165) is 24.3 Å². The molecular weight excluding hydrogens is 244 g/mol. The zero-order valence-corrected chi connectivity index (χ0v) is 12.9. The Morgan fingerprint density at radius 2 is 1.80 bits per heavy atom. The lowest BCUT2D eigenvalue weighted by Crippen LogP contribution is -2.43. The van der Waals surface area contributed by atoms with Gasteiger partial charge in [0.25, 0.3) is 0 Å². The van der Waals surface area contributed by atoms with Crippen molar-refractivity contribution in [2.75, 3.05) is 19.6 Å². The minimum atomic E-state index is 0.414. The Bertz CT molecular complexity index is 442. The Balaban J connectivity index is 1.85. The van der Waals surface area contributed by atoms with Gasteiger partial charge in [-0.2, -0.15) is 0 Å². The third-order valence-electron chi connectivity index (χ3n) is 4.93. The summed E-state index contributed by atoms with van der Waals surface area (Å²) in [7, 11) is 0. The highest BCUT2D eigenvalue weighted by atomic mass is 15.2. The van der Waals surface area contributed by atoms with Crippen LogP contribution in [-0.2, 0) is 0 Å². The van der Waals surface area contributed by atoms with Crippen molar-refractivity contribution in [3.8, 4) is 0 Å². The molecule has 1 saturated carbocycles. The SMILES string of the molecule is CC1CC(C)CN(C(CN)c2ccccc2C2CC2)C1. The summed E-state index contributed by atoms with van der Waals surface area (Å²) in [5, 5.41) is 0. The van der Waals surface area contributed by atoms with Crippen molar-refractivity contribution >= 4 is 0 Å². The molecule has 0 radical (unpaired) electrons. The van der Waals surface area contributed by atoms with Gasteiger partial charge in [-0.15, -0.1) is 0 Å². The maximum Gasteiger partial charge on any atom is 0.0473 e. The molecule has 0 bridgehead atoms. The Morgan fingerprint density at radius 1 is 1.15 bits per heavy atom. The normalized spacial score (nSPS) is 29.4. The Labute approximate surface area is 123 Å². The Morgan fingerprint density at radius 3 is 2.40 bits per heavy atom. The summed E-state index contributed by atoms with van der Waals surface area (Å²) in [4.78, 5) is 2.64. The highest BCUT2D eigenvalue weighted by Gasteiger charge is 2.32. The summed E-state index contributed by atoms with van der Waals surface area (Å²) < 4.78 is 0. The monoisotopic (exact) mass is 272 g/mol. The van der Waals surface area contributed by atoms with Crippen LogP contribution in [0.5, 0.6) is 0 Å². The zero-order valence-electron chi connectivity index (χ0n) is 12.9. The predicted molar refractivity (Wildman–Crippen MR) is 84.7 cm³/mol. The number of nitrogens with zero attached hydrogens (tertiary/aromatic N) is 1. The molecule has 3 rings (SSSR count). The highest BCUT2D eigenvalue weighted by Crippen LogP contribution is 2.44. The molecule has 1 aliphatic carbocycles. The van der Waals surface area contributed by atoms with Crippen LogP contribution in [0, 0.1) is 11.8 Å². The molecule has 2 N–H and O–H groups in total. The number of nitrogens with two attached hydrogens (primary N) is 1. The van der Waals surface area contributed by atoms with Crippen molar-refractivity contribution in [3.05, 3.63) is 35.4 Å². The molecule has 2 heteroatoms. The third-order valence-corrected chi connectivity index (χ3v) is 4.93. The van der Waals surface area contributed by atoms with Crippen molar-refractivity contribution in [2.45, 2.75) is 45.1 Å². The number of hydrogen-bond donors (Lipinski definition) is 1. The molecular formula is C18H28N2. The predicted octanol–water partition coefficient (Wildman–Crippen LogP) is 3.54. The number of rotatable bonds is 4. The minimum Gasteiger partial charge on any atom is -0.329 e. The molecule has 2 fully saturated rings. The Kier molecular flexibility index (Phi) is 4.13. The lowest BCUT2D eigenvalue weighted by Gasteiger charge is -2.40. The fraction of sp³-hybridized carbons (Fsp3) is 0.667. The van der Waals surface area contributed by atoms with Crippen LogP contribution >= 0.6 is 0 Å². The fourth-order valence-electron chi connectivity index (χ4n) is 4.02. The van der Waals surface area contributed by atoms with E-state index in [2.05, 4.69) is 43.0 Å². The maximum absolute atomic E-state index is 6.17. The first kappa shape index (κ1) is 14.1. The molecule has 3 unspecified atom stereocenters. The average molecular weight is 272 g/mol. The second-order valence-electron chi connectivity index (χ2n) is 7.05. The van der Waals surface area contributed by atoms with Gasteiger partial charge in [0, 0.05) is 25.7 Å². The highest BCUT2D eigenvalue weighted by molar-refractivity contribution is 5.36. The molecule has 1 aromatic carbocycles. The number of likely N-dealkylation sites (tertiary alicyclic amines) is 1. The number of benzene rings is 1. The van der Waals surface area contributed by atoms with Gasteiger partial charge in [-0.3, -0.25) is 4.90 Å². The summed E-state index contributed by atoms with van der Waals surface area (Å²) >= 11 is 0. The summed E-state index contributed by atoms with van der Waals surface area (Å²) in [6, 6.07) is 9.42. The van der Waals surface area contributed by atoms with Crippen molar-refractivity contribution in [2.24, 2.45) is 17.6 Å². The first-order valence-electron chi connectivity index (χ1n) is 8.22. The van der Waals surface area contributed by atoms with Gasteiger partial charge >= 0.3 is 0 Å². The first-order chi connectivity index (χ1) is 9.69. The molecule has 0 amide bonds. The van der Waals surface area contributed by atoms with Gasteiger partial charge < -0.3 is 5.73 Å². The smallest absolute Gasteiger partial charge is 0.0473 e. The Hall–Kier alpha value is -0.860. The van der Waals surface area contributed by atoms with E-state index < -0.39 is 0 Å². The third kappa shape index (κ3) is 2.91. The lowest BCUT2D eigenvalue weighted by molar-refractivity contribution is 0.0980. The summed E-state index contributed by atoms with van der Waals surface area (Å²) in [6.45, 7) is 7.89. The van der Waals surface area contributed by atoms with E-state index in [9.17, 15) is 0 Å². The molecule has 1 aromatic rings. The van der Waals surface area contributed by atoms with Crippen LogP contribution < -0.4 is 5.73 Å². The van der Waals surface area contributed by atoms with Crippen molar-refractivity contribution in [1.82, 2.24) is 4.90 Å². The van der Waals surface area contributed by atoms with Crippen LogP contribution in [-0.4, -0.2) is 24.5 Å². The molecule has 2 aliphatic rings. The molecule has 2 nitrogen and oxygen atoms in total. The van der Waals surface area contributed by atoms with Crippen molar-refractivity contribution in [1.29, 1.82) is 0 Å². The van der Waals surface area contributed by atoms with Gasteiger partial charge in [0.05, 0.1) is 0 Å². The van der Waals surface area contributed by atoms with Gasteiger partial charge in [0.15, 0.2) is 0 Å². The van der Waals surface area contributed by atoms with E-state index >= 15 is 0 Å². The van der Waals surface area contributed by atoms with E-state index in [1.54, 1.807) is 5.56 Å². The first-order valence-corrected chi connectivity index (χ1v) is 8.22. The molecule has 20 heavy (non-hydrogen) atoms. The standard InChI is InChI=1S/C18H28N2/c1-13-9-14(2)12-20(11-13)18(10-19)17-6-4-3-5-16(17)15-7-8-15/h3-6,13-15,18H,7-12,19H2,1-2H3. The fourth-order valence-corrected chi connectivity index (χ4v) is 4.02. The average Bonchev–Trinajstić information content (AvgIpc) is 3.23. The largest absolute Gasteiger partial charge is 0.329 e. The number of piperidine rings is 1. The van der Waals surface area contributed by atoms with Crippen LogP contribution in [0.25, 0.3) is 0 Å². The summed E-state index contributed by atoms with van der Waals surface area (Å²) in [5.74, 6) is 2.39. The summed E-state index contributed by atoms with van der Waals surface area (Å²) in [6.07, 6.45) is 4.08. The minimum absolute atomic E-state index is 0.414. The van der Waals surface area contributed by atoms with Crippen molar-refractivity contribution < 1.29 is 0 Å². The van der Waals surface area contributed by atoms with Crippen LogP contribution in [0.1, 0.15) is 56.2 Å². The molecule has 1 saturated heterocycles. The van der Waals surface area contributed by atoms with Gasteiger partial charge in [-0.25, -0.2) is 0 Å². The molecule has 3 atom stereocenters. The summed E-state index contributed by atoms with van der Waals surface area (Å²) in [5.41, 5.74) is 9.24. The van der Waals surface area contributed by atoms with Crippen molar-refractivity contribution in [3.63, 3.8) is 0 Å². The van der Waals surface area contributed by atoms with Crippen LogP contribution in [0.2, 0.25) is 0 Å². The van der Waals surface area contributed by atoms with E-state index in [4.69, 9.17) is 5.73 Å². The lowest BCUT2D eigenvalue weighted by atomic mass is 9.88. The number of hydrogen-bond acceptors (Lipinski definition) is 2. The quantitative estimate of drug-likeness (QED) is 0.908. The van der Waals surface area contributed by atoms with E-state index in [1.807, 2.05) is 0 Å². The topological polar surface area (TPSA) is 29.3 Å². The van der Waals surface area contributed by atoms with E-state index in [0.29, 0.717) is 6.04 Å². The molecule has 0 aromatic heterocycles. The van der Waals surface area contributed by atoms with E-state index in [-0.39, 0.29) is 0 Å². The van der Waals surface area contributed by atoms with Crippen LogP contribution in [0.3, 0.4) is 0 Å². The zero-order chi connectivity index (χ0) is 14.1. The molecule has 1 aliphatic heterocycles. The van der Waals surface area contributed by atoms with Gasteiger partial charge in [0.2, 0.25) is 0 Å².